The number of nitrogens with zero attached hydrogens (tertiary/aromatic N) is 2. The summed E-state index contributed by atoms with van der Waals surface area (Å²) in [6.45, 7) is 3.79. The molecule has 0 saturated carbocycles. The van der Waals surface area contributed by atoms with Gasteiger partial charge in [-0.15, -0.1) is 0 Å². The molecule has 1 aliphatic carbocycles. The third kappa shape index (κ3) is 2.41. The SMILES string of the molecule is Cc1ccc(C(=O)NC2CC=C3C=CN=C3C2)c(C)n1. The molecule has 0 spiro atoms. The van der Waals surface area contributed by atoms with Gasteiger partial charge in [0.1, 0.15) is 0 Å². The summed E-state index contributed by atoms with van der Waals surface area (Å²) in [5.41, 5.74) is 4.62. The van der Waals surface area contributed by atoms with Crippen LogP contribution in [-0.2, 0) is 0 Å². The fraction of sp³-hybridized carbons (Fsp3) is 0.312. The summed E-state index contributed by atoms with van der Waals surface area (Å²) >= 11 is 0. The number of pyridine rings is 1. The number of hydrogen-bond acceptors (Lipinski definition) is 3. The van der Waals surface area contributed by atoms with Gasteiger partial charge in [0.25, 0.3) is 5.91 Å². The van der Waals surface area contributed by atoms with Crippen molar-refractivity contribution in [3.8, 4) is 0 Å². The molecule has 0 aromatic carbocycles. The van der Waals surface area contributed by atoms with Gasteiger partial charge in [-0.25, -0.2) is 0 Å². The molecule has 1 N–H and O–H groups in total. The summed E-state index contributed by atoms with van der Waals surface area (Å²) in [5.74, 6) is -0.0524. The first-order valence-corrected chi connectivity index (χ1v) is 6.82. The van der Waals surface area contributed by atoms with Gasteiger partial charge in [0.05, 0.1) is 11.3 Å². The van der Waals surface area contributed by atoms with E-state index in [0.29, 0.717) is 5.56 Å². The second kappa shape index (κ2) is 5.04. The molecule has 1 unspecified atom stereocenters. The molecule has 3 rings (SSSR count). The van der Waals surface area contributed by atoms with Crippen molar-refractivity contribution >= 4 is 11.6 Å². The van der Waals surface area contributed by atoms with Crippen molar-refractivity contribution in [1.29, 1.82) is 0 Å². The van der Waals surface area contributed by atoms with Crippen LogP contribution in [0.15, 0.2) is 41.1 Å². The zero-order chi connectivity index (χ0) is 14.1. The Morgan fingerprint density at radius 3 is 3.00 bits per heavy atom. The number of nitrogens with one attached hydrogen (secondary N) is 1. The van der Waals surface area contributed by atoms with E-state index < -0.39 is 0 Å². The molecule has 1 amide bonds. The third-order valence-electron chi connectivity index (χ3n) is 3.68. The van der Waals surface area contributed by atoms with Crippen molar-refractivity contribution in [3.63, 3.8) is 0 Å². The second-order valence-corrected chi connectivity index (χ2v) is 5.25. The van der Waals surface area contributed by atoms with Crippen LogP contribution in [0, 0.1) is 13.8 Å². The van der Waals surface area contributed by atoms with Crippen LogP contribution in [0.3, 0.4) is 0 Å². The van der Waals surface area contributed by atoms with Gasteiger partial charge in [0.15, 0.2) is 0 Å². The van der Waals surface area contributed by atoms with Crippen molar-refractivity contribution in [3.05, 3.63) is 53.0 Å². The molecule has 0 radical (unpaired) electrons. The van der Waals surface area contributed by atoms with Crippen molar-refractivity contribution in [1.82, 2.24) is 10.3 Å². The molecular formula is C16H17N3O. The Morgan fingerprint density at radius 2 is 2.20 bits per heavy atom. The van der Waals surface area contributed by atoms with E-state index in [4.69, 9.17) is 0 Å². The minimum atomic E-state index is -0.0524. The number of carbonyl (C=O) groups is 1. The molecule has 1 aliphatic heterocycles. The maximum absolute atomic E-state index is 12.3. The fourth-order valence-corrected chi connectivity index (χ4v) is 2.62. The van der Waals surface area contributed by atoms with Crippen LogP contribution in [-0.4, -0.2) is 22.6 Å². The zero-order valence-corrected chi connectivity index (χ0v) is 11.7. The summed E-state index contributed by atoms with van der Waals surface area (Å²) in [6, 6.07) is 3.82. The first-order chi connectivity index (χ1) is 9.63. The van der Waals surface area contributed by atoms with E-state index in [9.17, 15) is 4.79 Å². The molecule has 2 heterocycles. The topological polar surface area (TPSA) is 54.4 Å². The lowest BCUT2D eigenvalue weighted by Crippen LogP contribution is -2.38. The minimum absolute atomic E-state index is 0.0524. The van der Waals surface area contributed by atoms with E-state index in [1.807, 2.05) is 38.3 Å². The molecule has 20 heavy (non-hydrogen) atoms. The maximum Gasteiger partial charge on any atom is 0.253 e. The molecule has 4 nitrogen and oxygen atoms in total. The Hall–Kier alpha value is -2.23. The number of rotatable bonds is 2. The summed E-state index contributed by atoms with van der Waals surface area (Å²) in [7, 11) is 0. The largest absolute Gasteiger partial charge is 0.349 e. The maximum atomic E-state index is 12.3. The Labute approximate surface area is 118 Å². The van der Waals surface area contributed by atoms with Crippen LogP contribution in [0.1, 0.15) is 34.6 Å². The normalized spacial score (nSPS) is 20.2. The lowest BCUT2D eigenvalue weighted by molar-refractivity contribution is 0.0937. The van der Waals surface area contributed by atoms with E-state index in [1.165, 1.54) is 5.57 Å². The number of hydrogen-bond donors (Lipinski definition) is 1. The van der Waals surface area contributed by atoms with E-state index in [0.717, 1.165) is 29.9 Å². The number of fused-ring (bicyclic) bond motifs is 1. The Kier molecular flexibility index (Phi) is 3.22. The van der Waals surface area contributed by atoms with Crippen LogP contribution < -0.4 is 5.32 Å². The average molecular weight is 267 g/mol. The smallest absolute Gasteiger partial charge is 0.253 e. The van der Waals surface area contributed by atoms with Gasteiger partial charge in [0.2, 0.25) is 0 Å². The Balaban J connectivity index is 1.71. The first kappa shape index (κ1) is 12.8. The van der Waals surface area contributed by atoms with Crippen LogP contribution in [0.5, 0.6) is 0 Å². The van der Waals surface area contributed by atoms with Crippen molar-refractivity contribution in [2.75, 3.05) is 0 Å². The monoisotopic (exact) mass is 267 g/mol. The lowest BCUT2D eigenvalue weighted by atomic mass is 9.94. The molecule has 0 bridgehead atoms. The highest BCUT2D eigenvalue weighted by atomic mass is 16.1. The number of allylic oxidation sites excluding steroid dienone is 2. The number of aromatic nitrogens is 1. The number of aryl methyl sites for hydroxylation is 2. The van der Waals surface area contributed by atoms with E-state index in [-0.39, 0.29) is 11.9 Å². The third-order valence-corrected chi connectivity index (χ3v) is 3.68. The molecule has 4 heteroatoms. The Morgan fingerprint density at radius 1 is 1.35 bits per heavy atom. The highest BCUT2D eigenvalue weighted by molar-refractivity contribution is 6.06. The van der Waals surface area contributed by atoms with E-state index in [1.54, 1.807) is 0 Å². The highest BCUT2D eigenvalue weighted by Gasteiger charge is 2.23. The van der Waals surface area contributed by atoms with Gasteiger partial charge in [-0.1, -0.05) is 6.08 Å². The van der Waals surface area contributed by atoms with Gasteiger partial charge in [-0.2, -0.15) is 0 Å². The van der Waals surface area contributed by atoms with Crippen LogP contribution in [0.25, 0.3) is 0 Å². The summed E-state index contributed by atoms with van der Waals surface area (Å²) < 4.78 is 0. The standard InChI is InChI=1S/C16H17N3O/c1-10-3-6-14(11(2)18-10)16(20)19-13-5-4-12-7-8-17-15(12)9-13/h3-4,6-8,13H,5,9H2,1-2H3,(H,19,20). The number of amides is 1. The second-order valence-electron chi connectivity index (χ2n) is 5.25. The highest BCUT2D eigenvalue weighted by Crippen LogP contribution is 2.21. The predicted octanol–water partition coefficient (Wildman–Crippen LogP) is 2.49. The van der Waals surface area contributed by atoms with Crippen molar-refractivity contribution < 1.29 is 4.79 Å². The molecule has 0 saturated heterocycles. The molecule has 0 fully saturated rings. The summed E-state index contributed by atoms with van der Waals surface area (Å²) in [4.78, 5) is 21.0. The predicted molar refractivity (Wildman–Crippen MR) is 78.9 cm³/mol. The zero-order valence-electron chi connectivity index (χ0n) is 11.7. The quantitative estimate of drug-likeness (QED) is 0.895. The molecule has 1 aromatic rings. The average Bonchev–Trinajstić information content (AvgIpc) is 2.85. The first-order valence-electron chi connectivity index (χ1n) is 6.82. The molecule has 2 aliphatic rings. The molecular weight excluding hydrogens is 250 g/mol. The number of aliphatic imine (C=N–C) groups is 1. The van der Waals surface area contributed by atoms with Crippen molar-refractivity contribution in [2.24, 2.45) is 4.99 Å². The summed E-state index contributed by atoms with van der Waals surface area (Å²) in [6.07, 6.45) is 7.61. The van der Waals surface area contributed by atoms with Gasteiger partial charge in [-0.05, 0) is 44.1 Å². The summed E-state index contributed by atoms with van der Waals surface area (Å²) in [5, 5.41) is 3.08. The van der Waals surface area contributed by atoms with Crippen LogP contribution in [0.2, 0.25) is 0 Å². The van der Waals surface area contributed by atoms with Gasteiger partial charge < -0.3 is 5.32 Å². The van der Waals surface area contributed by atoms with Gasteiger partial charge >= 0.3 is 0 Å². The fourth-order valence-electron chi connectivity index (χ4n) is 2.62. The van der Waals surface area contributed by atoms with Crippen LogP contribution >= 0.6 is 0 Å². The van der Waals surface area contributed by atoms with Gasteiger partial charge in [0, 0.05) is 30.1 Å². The Bertz CT molecular complexity index is 656. The van der Waals surface area contributed by atoms with E-state index >= 15 is 0 Å². The molecule has 1 aromatic heterocycles. The minimum Gasteiger partial charge on any atom is -0.349 e. The number of carbonyl (C=O) groups excluding carboxylic acids is 1. The van der Waals surface area contributed by atoms with Gasteiger partial charge in [-0.3, -0.25) is 14.8 Å². The lowest BCUT2D eigenvalue weighted by Gasteiger charge is -2.22. The van der Waals surface area contributed by atoms with Crippen molar-refractivity contribution in [2.45, 2.75) is 32.7 Å². The van der Waals surface area contributed by atoms with Crippen LogP contribution in [0.4, 0.5) is 0 Å². The molecule has 102 valence electrons. The molecule has 1 atom stereocenters. The van der Waals surface area contributed by atoms with E-state index in [2.05, 4.69) is 21.4 Å².